The van der Waals surface area contributed by atoms with Crippen LogP contribution in [0.2, 0.25) is 0 Å². The van der Waals surface area contributed by atoms with Crippen LogP contribution >= 0.6 is 0 Å². The molecule has 88 valence electrons. The predicted molar refractivity (Wildman–Crippen MR) is 61.6 cm³/mol. The number of methoxy groups -OCH3 is 1. The summed E-state index contributed by atoms with van der Waals surface area (Å²) >= 11 is 0. The average molecular weight is 231 g/mol. The quantitative estimate of drug-likeness (QED) is 0.695. The van der Waals surface area contributed by atoms with Gasteiger partial charge in [-0.05, 0) is 30.1 Å². The molecule has 0 atom stereocenters. The van der Waals surface area contributed by atoms with Gasteiger partial charge < -0.3 is 14.8 Å². The van der Waals surface area contributed by atoms with Crippen molar-refractivity contribution in [2.24, 2.45) is 0 Å². The first-order valence-corrected chi connectivity index (χ1v) is 5.63. The van der Waals surface area contributed by atoms with Gasteiger partial charge in [0.15, 0.2) is 0 Å². The highest BCUT2D eigenvalue weighted by molar-refractivity contribution is 5.87. The highest BCUT2D eigenvalue weighted by Crippen LogP contribution is 2.35. The first kappa shape index (κ1) is 10.2. The molecular weight excluding hydrogens is 218 g/mol. The monoisotopic (exact) mass is 231 g/mol. The number of allylic oxidation sites excluding steroid dienone is 4. The minimum atomic E-state index is -0.444. The second kappa shape index (κ2) is 3.80. The zero-order chi connectivity index (χ0) is 11.8. The average Bonchev–Trinajstić information content (AvgIpc) is 2.81. The van der Waals surface area contributed by atoms with Crippen molar-refractivity contribution in [3.8, 4) is 0 Å². The van der Waals surface area contributed by atoms with E-state index in [0.717, 1.165) is 36.4 Å². The van der Waals surface area contributed by atoms with E-state index in [-0.39, 0.29) is 5.76 Å². The van der Waals surface area contributed by atoms with Gasteiger partial charge in [-0.2, -0.15) is 0 Å². The van der Waals surface area contributed by atoms with Crippen LogP contribution in [-0.2, 0) is 14.3 Å². The van der Waals surface area contributed by atoms with Crippen molar-refractivity contribution in [2.75, 3.05) is 13.7 Å². The van der Waals surface area contributed by atoms with Crippen LogP contribution in [0.5, 0.6) is 0 Å². The van der Waals surface area contributed by atoms with Crippen molar-refractivity contribution in [3.63, 3.8) is 0 Å². The van der Waals surface area contributed by atoms with Crippen molar-refractivity contribution >= 4 is 5.97 Å². The van der Waals surface area contributed by atoms with Crippen LogP contribution in [0, 0.1) is 0 Å². The topological polar surface area (TPSA) is 47.6 Å². The van der Waals surface area contributed by atoms with Gasteiger partial charge in [0.1, 0.15) is 5.76 Å². The highest BCUT2D eigenvalue weighted by Gasteiger charge is 2.26. The van der Waals surface area contributed by atoms with Crippen LogP contribution in [-0.4, -0.2) is 19.6 Å². The van der Waals surface area contributed by atoms with E-state index in [2.05, 4.69) is 10.1 Å². The van der Waals surface area contributed by atoms with E-state index in [1.807, 2.05) is 12.2 Å². The van der Waals surface area contributed by atoms with Gasteiger partial charge in [-0.25, -0.2) is 4.79 Å². The van der Waals surface area contributed by atoms with Crippen molar-refractivity contribution in [2.45, 2.75) is 12.8 Å². The molecule has 4 heteroatoms. The number of carbonyl (C=O) groups excluding carboxylic acids is 1. The molecule has 0 aromatic rings. The third-order valence-corrected chi connectivity index (χ3v) is 3.16. The molecule has 2 heterocycles. The molecule has 4 nitrogen and oxygen atoms in total. The predicted octanol–water partition coefficient (Wildman–Crippen LogP) is 1.53. The molecule has 0 saturated heterocycles. The summed E-state index contributed by atoms with van der Waals surface area (Å²) < 4.78 is 10.2. The molecule has 0 saturated carbocycles. The fourth-order valence-corrected chi connectivity index (χ4v) is 2.26. The van der Waals surface area contributed by atoms with Crippen LogP contribution in [0.1, 0.15) is 12.8 Å². The first-order chi connectivity index (χ1) is 8.28. The van der Waals surface area contributed by atoms with E-state index >= 15 is 0 Å². The Morgan fingerprint density at radius 2 is 2.35 bits per heavy atom. The Morgan fingerprint density at radius 3 is 3.18 bits per heavy atom. The number of esters is 1. The summed E-state index contributed by atoms with van der Waals surface area (Å²) in [4.78, 5) is 11.4. The van der Waals surface area contributed by atoms with Gasteiger partial charge >= 0.3 is 5.97 Å². The molecular formula is C13H13NO3. The van der Waals surface area contributed by atoms with E-state index in [4.69, 9.17) is 4.74 Å². The Balaban J connectivity index is 1.90. The van der Waals surface area contributed by atoms with Crippen molar-refractivity contribution in [1.29, 1.82) is 0 Å². The SMILES string of the molecule is COC(=O)C1=CC=C2CC3=C(C=C2O1)NCC3. The number of fused-ring (bicyclic) bond motifs is 1. The van der Waals surface area contributed by atoms with Crippen LogP contribution < -0.4 is 5.32 Å². The third-order valence-electron chi connectivity index (χ3n) is 3.16. The summed E-state index contributed by atoms with van der Waals surface area (Å²) in [5.74, 6) is 0.547. The number of hydrogen-bond donors (Lipinski definition) is 1. The normalized spacial score (nSPS) is 21.4. The van der Waals surface area contributed by atoms with Crippen LogP contribution in [0.4, 0.5) is 0 Å². The molecule has 0 amide bonds. The van der Waals surface area contributed by atoms with E-state index in [0.29, 0.717) is 0 Å². The Morgan fingerprint density at radius 1 is 1.47 bits per heavy atom. The molecule has 0 aromatic heterocycles. The Hall–Kier alpha value is -1.97. The maximum Gasteiger partial charge on any atom is 0.373 e. The lowest BCUT2D eigenvalue weighted by Gasteiger charge is -2.22. The van der Waals surface area contributed by atoms with Gasteiger partial charge in [-0.3, -0.25) is 0 Å². The number of ether oxygens (including phenoxy) is 2. The minimum Gasteiger partial charge on any atom is -0.463 e. The van der Waals surface area contributed by atoms with Gasteiger partial charge in [0.2, 0.25) is 5.76 Å². The van der Waals surface area contributed by atoms with Crippen molar-refractivity contribution in [3.05, 3.63) is 46.6 Å². The minimum absolute atomic E-state index is 0.240. The molecule has 0 aromatic carbocycles. The van der Waals surface area contributed by atoms with Gasteiger partial charge in [0.25, 0.3) is 0 Å². The zero-order valence-electron chi connectivity index (χ0n) is 9.58. The molecule has 0 unspecified atom stereocenters. The van der Waals surface area contributed by atoms with E-state index < -0.39 is 5.97 Å². The first-order valence-electron chi connectivity index (χ1n) is 5.63. The number of rotatable bonds is 1. The molecule has 2 aliphatic heterocycles. The van der Waals surface area contributed by atoms with Gasteiger partial charge in [-0.1, -0.05) is 6.08 Å². The maximum absolute atomic E-state index is 11.4. The van der Waals surface area contributed by atoms with Crippen molar-refractivity contribution < 1.29 is 14.3 Å². The fourth-order valence-electron chi connectivity index (χ4n) is 2.26. The second-order valence-electron chi connectivity index (χ2n) is 4.20. The van der Waals surface area contributed by atoms with Crippen LogP contribution in [0.25, 0.3) is 0 Å². The molecule has 0 radical (unpaired) electrons. The molecule has 1 N–H and O–H groups in total. The second-order valence-corrected chi connectivity index (χ2v) is 4.20. The summed E-state index contributed by atoms with van der Waals surface area (Å²) in [7, 11) is 1.35. The van der Waals surface area contributed by atoms with E-state index in [1.54, 1.807) is 6.08 Å². The Labute approximate surface area is 99.3 Å². The van der Waals surface area contributed by atoms with Crippen LogP contribution in [0.3, 0.4) is 0 Å². The lowest BCUT2D eigenvalue weighted by atomic mass is 9.94. The molecule has 1 aliphatic carbocycles. The molecule has 3 aliphatic rings. The molecule has 0 spiro atoms. The summed E-state index contributed by atoms with van der Waals surface area (Å²) in [5.41, 5.74) is 3.68. The van der Waals surface area contributed by atoms with Gasteiger partial charge in [0.05, 0.1) is 7.11 Å². The zero-order valence-corrected chi connectivity index (χ0v) is 9.58. The molecule has 0 fully saturated rings. The van der Waals surface area contributed by atoms with E-state index in [1.165, 1.54) is 12.7 Å². The number of carbonyl (C=O) groups is 1. The fraction of sp³-hybridized carbons (Fsp3) is 0.308. The Kier molecular flexibility index (Phi) is 2.28. The standard InChI is InChI=1S/C13H13NO3/c1-16-13(15)11-3-2-9-6-8-4-5-14-10(8)7-12(9)17-11/h2-3,7,14H,4-6H2,1H3. The summed E-state index contributed by atoms with van der Waals surface area (Å²) in [6.45, 7) is 0.985. The van der Waals surface area contributed by atoms with E-state index in [9.17, 15) is 4.79 Å². The smallest absolute Gasteiger partial charge is 0.373 e. The maximum atomic E-state index is 11.4. The lowest BCUT2D eigenvalue weighted by molar-refractivity contribution is -0.139. The molecule has 3 rings (SSSR count). The van der Waals surface area contributed by atoms with Crippen molar-refractivity contribution in [1.82, 2.24) is 5.32 Å². The number of nitrogens with one attached hydrogen (secondary N) is 1. The van der Waals surface area contributed by atoms with Crippen LogP contribution in [0.15, 0.2) is 46.6 Å². The van der Waals surface area contributed by atoms with Gasteiger partial charge in [0, 0.05) is 18.3 Å². The van der Waals surface area contributed by atoms with Gasteiger partial charge in [-0.15, -0.1) is 0 Å². The summed E-state index contributed by atoms with van der Waals surface area (Å²) in [6.07, 6.45) is 7.56. The largest absolute Gasteiger partial charge is 0.463 e. The summed E-state index contributed by atoms with van der Waals surface area (Å²) in [5, 5.41) is 3.31. The lowest BCUT2D eigenvalue weighted by Crippen LogP contribution is -2.15. The third kappa shape index (κ3) is 1.65. The molecule has 17 heavy (non-hydrogen) atoms. The Bertz CT molecular complexity index is 509. The molecule has 0 bridgehead atoms. The highest BCUT2D eigenvalue weighted by atomic mass is 16.6. The number of hydrogen-bond acceptors (Lipinski definition) is 4. The summed E-state index contributed by atoms with van der Waals surface area (Å²) in [6, 6.07) is 0.